The molecule has 2 aromatic carbocycles. The van der Waals surface area contributed by atoms with Gasteiger partial charge in [0.25, 0.3) is 5.41 Å². The van der Waals surface area contributed by atoms with E-state index < -0.39 is 17.1 Å². The third-order valence-corrected chi connectivity index (χ3v) is 7.67. The van der Waals surface area contributed by atoms with E-state index in [9.17, 15) is 20.9 Å². The maximum atomic E-state index is 11.2. The molecule has 2 atom stereocenters. The van der Waals surface area contributed by atoms with Gasteiger partial charge >= 0.3 is 0 Å². The number of nitriles is 3. The zero-order valence-corrected chi connectivity index (χ0v) is 20.4. The zero-order valence-electron chi connectivity index (χ0n) is 20.4. The number of allylic oxidation sites excluding steroid dienone is 2. The lowest BCUT2D eigenvalue weighted by Gasteiger charge is -2.41. The third kappa shape index (κ3) is 3.31. The number of hydrogen-bond acceptors (Lipinski definition) is 6. The lowest BCUT2D eigenvalue weighted by molar-refractivity contribution is 0.0108. The van der Waals surface area contributed by atoms with Crippen LogP contribution in [0.2, 0.25) is 0 Å². The Morgan fingerprint density at radius 2 is 1.83 bits per heavy atom. The van der Waals surface area contributed by atoms with Crippen LogP contribution >= 0.6 is 0 Å². The molecule has 0 saturated carbocycles. The van der Waals surface area contributed by atoms with Gasteiger partial charge in [-0.2, -0.15) is 15.8 Å². The molecule has 2 unspecified atom stereocenters. The molecule has 5 rings (SSSR count). The molecule has 6 nitrogen and oxygen atoms in total. The molecule has 1 heterocycles. The first-order chi connectivity index (χ1) is 16.7. The summed E-state index contributed by atoms with van der Waals surface area (Å²) in [6.07, 6.45) is 2.02. The predicted molar refractivity (Wildman–Crippen MR) is 130 cm³/mol. The molecule has 0 spiro atoms. The fourth-order valence-electron chi connectivity index (χ4n) is 6.16. The number of rotatable bonds is 2. The molecule has 2 aromatic rings. The fourth-order valence-corrected chi connectivity index (χ4v) is 6.16. The fraction of sp³-hybridized carbons (Fsp3) is 0.414. The summed E-state index contributed by atoms with van der Waals surface area (Å²) in [4.78, 5) is 0. The number of fused-ring (bicyclic) bond motifs is 6. The minimum absolute atomic E-state index is 0.000439. The summed E-state index contributed by atoms with van der Waals surface area (Å²) in [5, 5.41) is 41.7. The molecule has 176 valence electrons. The zero-order chi connectivity index (χ0) is 25.1. The average Bonchev–Trinajstić information content (AvgIpc) is 2.83. The number of benzene rings is 2. The Labute approximate surface area is 205 Å². The molecule has 6 heteroatoms. The molecule has 1 N–H and O–H groups in total. The number of aliphatic hydroxyl groups excluding tert-OH is 1. The van der Waals surface area contributed by atoms with Gasteiger partial charge in [0.15, 0.2) is 0 Å². The third-order valence-electron chi connectivity index (χ3n) is 7.67. The molecule has 3 aliphatic rings. The molecule has 0 saturated heterocycles. The maximum absolute atomic E-state index is 11.2. The van der Waals surface area contributed by atoms with E-state index in [-0.39, 0.29) is 5.92 Å². The molecule has 0 aromatic heterocycles. The van der Waals surface area contributed by atoms with E-state index in [1.165, 1.54) is 0 Å². The van der Waals surface area contributed by atoms with Gasteiger partial charge in [0.05, 0.1) is 13.2 Å². The molecular formula is C29H27N3O3. The van der Waals surface area contributed by atoms with Crippen LogP contribution in [0.1, 0.15) is 66.2 Å². The van der Waals surface area contributed by atoms with E-state index in [2.05, 4.69) is 6.07 Å². The predicted octanol–water partition coefficient (Wildman–Crippen LogP) is 5.18. The largest absolute Gasteiger partial charge is 0.496 e. The number of aryl methyl sites for hydroxylation is 2. The van der Waals surface area contributed by atoms with Crippen molar-refractivity contribution in [3.63, 3.8) is 0 Å². The van der Waals surface area contributed by atoms with Gasteiger partial charge in [-0.05, 0) is 91.5 Å². The van der Waals surface area contributed by atoms with E-state index in [1.54, 1.807) is 13.2 Å². The Kier molecular flexibility index (Phi) is 5.17. The normalized spacial score (nSPS) is 21.7. The summed E-state index contributed by atoms with van der Waals surface area (Å²) < 4.78 is 11.8. The highest BCUT2D eigenvalue weighted by molar-refractivity contribution is 6.02. The molecule has 35 heavy (non-hydrogen) atoms. The summed E-state index contributed by atoms with van der Waals surface area (Å²) in [6, 6.07) is 13.8. The Balaban J connectivity index is 1.88. The van der Waals surface area contributed by atoms with Gasteiger partial charge < -0.3 is 14.6 Å². The minimum Gasteiger partial charge on any atom is -0.496 e. The summed E-state index contributed by atoms with van der Waals surface area (Å²) in [7, 11) is 1.62. The molecule has 1 aliphatic heterocycles. The van der Waals surface area contributed by atoms with Crippen LogP contribution in [0.4, 0.5) is 0 Å². The molecule has 0 fully saturated rings. The van der Waals surface area contributed by atoms with Crippen molar-refractivity contribution in [3.8, 4) is 29.7 Å². The van der Waals surface area contributed by atoms with E-state index in [0.717, 1.165) is 46.4 Å². The van der Waals surface area contributed by atoms with Crippen molar-refractivity contribution in [1.82, 2.24) is 0 Å². The molecule has 0 radical (unpaired) electrons. The minimum atomic E-state index is -1.98. The van der Waals surface area contributed by atoms with Gasteiger partial charge in [0.1, 0.15) is 35.3 Å². The summed E-state index contributed by atoms with van der Waals surface area (Å²) in [5.74, 6) is 1.36. The first-order valence-electron chi connectivity index (χ1n) is 11.9. The Morgan fingerprint density at radius 1 is 1.11 bits per heavy atom. The van der Waals surface area contributed by atoms with Crippen molar-refractivity contribution in [3.05, 3.63) is 57.6 Å². The Bertz CT molecular complexity index is 1380. The van der Waals surface area contributed by atoms with Crippen molar-refractivity contribution >= 4 is 11.1 Å². The van der Waals surface area contributed by atoms with Gasteiger partial charge in [0.2, 0.25) is 0 Å². The Hall–Kier alpha value is -3.79. The maximum Gasteiger partial charge on any atom is 0.254 e. The quantitative estimate of drug-likeness (QED) is 0.654. The topological polar surface area (TPSA) is 110 Å². The second kappa shape index (κ2) is 7.88. The van der Waals surface area contributed by atoms with Crippen LogP contribution in [-0.2, 0) is 12.8 Å². The van der Waals surface area contributed by atoms with E-state index in [4.69, 9.17) is 9.47 Å². The highest BCUT2D eigenvalue weighted by Gasteiger charge is 2.47. The van der Waals surface area contributed by atoms with Crippen LogP contribution in [0, 0.1) is 52.2 Å². The first-order valence-corrected chi connectivity index (χ1v) is 11.9. The van der Waals surface area contributed by atoms with E-state index in [1.807, 2.05) is 51.1 Å². The number of ether oxygens (including phenoxy) is 2. The van der Waals surface area contributed by atoms with Crippen LogP contribution in [0.3, 0.4) is 0 Å². The number of hydrogen-bond donors (Lipinski definition) is 1. The molecule has 2 aliphatic carbocycles. The second-order valence-electron chi connectivity index (χ2n) is 10.4. The lowest BCUT2D eigenvalue weighted by atomic mass is 9.63. The average molecular weight is 466 g/mol. The smallest absolute Gasteiger partial charge is 0.254 e. The molecule has 0 bridgehead atoms. The SMILES string of the molecule is COc1cc2c(cc1C)CCC1Cc3c(ccc4c3C(O)CC(C)(C)O4)C(C(C#N)(C#N)C#N)=C21. The Morgan fingerprint density at radius 3 is 2.49 bits per heavy atom. The van der Waals surface area contributed by atoms with Gasteiger partial charge in [-0.25, -0.2) is 0 Å². The molecule has 0 amide bonds. The summed E-state index contributed by atoms with van der Waals surface area (Å²) in [6.45, 7) is 5.89. The van der Waals surface area contributed by atoms with Crippen LogP contribution in [0.25, 0.3) is 11.1 Å². The number of methoxy groups -OCH3 is 1. The van der Waals surface area contributed by atoms with E-state index >= 15 is 0 Å². The van der Waals surface area contributed by atoms with Crippen molar-refractivity contribution in [2.75, 3.05) is 7.11 Å². The van der Waals surface area contributed by atoms with Crippen LogP contribution in [0.15, 0.2) is 24.3 Å². The first kappa shape index (κ1) is 23.0. The monoisotopic (exact) mass is 465 g/mol. The van der Waals surface area contributed by atoms with Crippen LogP contribution < -0.4 is 9.47 Å². The van der Waals surface area contributed by atoms with Gasteiger partial charge in [-0.15, -0.1) is 0 Å². The lowest BCUT2D eigenvalue weighted by Crippen LogP contribution is -2.36. The van der Waals surface area contributed by atoms with Crippen molar-refractivity contribution in [1.29, 1.82) is 15.8 Å². The highest BCUT2D eigenvalue weighted by atomic mass is 16.5. The van der Waals surface area contributed by atoms with Crippen molar-refractivity contribution in [2.45, 2.75) is 58.2 Å². The standard InChI is InChI=1S/C29H27N3O3/c1-16-9-17-5-6-18-10-21-19(7-8-23-26(21)22(33)12-28(2,3)35-23)27(29(13-30,14-31)15-32)25(18)20(17)11-24(16)34-4/h7-9,11,18,22,33H,5-6,10,12H2,1-4H3. The number of aliphatic hydroxyl groups is 1. The van der Waals surface area contributed by atoms with Crippen LogP contribution in [-0.4, -0.2) is 17.8 Å². The van der Waals surface area contributed by atoms with Gasteiger partial charge in [0, 0.05) is 17.6 Å². The summed E-state index contributed by atoms with van der Waals surface area (Å²) >= 11 is 0. The number of nitrogens with zero attached hydrogens (tertiary/aromatic N) is 3. The van der Waals surface area contributed by atoms with Crippen molar-refractivity contribution in [2.24, 2.45) is 11.3 Å². The summed E-state index contributed by atoms with van der Waals surface area (Å²) in [5.41, 5.74) is 4.16. The van der Waals surface area contributed by atoms with Crippen molar-refractivity contribution < 1.29 is 14.6 Å². The highest BCUT2D eigenvalue weighted by Crippen LogP contribution is 2.55. The van der Waals surface area contributed by atoms with Gasteiger partial charge in [-0.3, -0.25) is 0 Å². The van der Waals surface area contributed by atoms with E-state index in [0.29, 0.717) is 35.3 Å². The molecular weight excluding hydrogens is 438 g/mol. The van der Waals surface area contributed by atoms with Gasteiger partial charge in [-0.1, -0.05) is 12.1 Å². The second-order valence-corrected chi connectivity index (χ2v) is 10.4. The van der Waals surface area contributed by atoms with Crippen LogP contribution in [0.5, 0.6) is 11.5 Å².